The summed E-state index contributed by atoms with van der Waals surface area (Å²) in [4.78, 5) is 44.0. The lowest BCUT2D eigenvalue weighted by molar-refractivity contribution is -0.146. The molecule has 2 amide bonds. The number of rotatable bonds is 5. The summed E-state index contributed by atoms with van der Waals surface area (Å²) in [6, 6.07) is 0. The highest BCUT2D eigenvalue weighted by Crippen LogP contribution is 2.50. The van der Waals surface area contributed by atoms with Crippen LogP contribution in [0.15, 0.2) is 22.3 Å². The molecule has 2 aliphatic rings. The van der Waals surface area contributed by atoms with Crippen LogP contribution in [0.4, 0.5) is 5.13 Å². The van der Waals surface area contributed by atoms with E-state index in [1.807, 2.05) is 0 Å². The Labute approximate surface area is 149 Å². The molecule has 1 saturated heterocycles. The van der Waals surface area contributed by atoms with Crippen LogP contribution >= 0.6 is 23.1 Å². The summed E-state index contributed by atoms with van der Waals surface area (Å²) in [6.07, 6.45) is 2.38. The van der Waals surface area contributed by atoms with Gasteiger partial charge in [0.15, 0.2) is 10.0 Å². The maximum absolute atomic E-state index is 12.1. The number of hydrogen-bond donors (Lipinski definition) is 3. The molecule has 2 atom stereocenters. The molecule has 25 heavy (non-hydrogen) atoms. The molecule has 10 nitrogen and oxygen atoms in total. The van der Waals surface area contributed by atoms with Gasteiger partial charge in [0.25, 0.3) is 5.91 Å². The zero-order chi connectivity index (χ0) is 18.2. The Hall–Kier alpha value is -2.60. The van der Waals surface area contributed by atoms with Gasteiger partial charge in [-0.2, -0.15) is 0 Å². The van der Waals surface area contributed by atoms with Gasteiger partial charge in [0, 0.05) is 5.38 Å². The molecule has 0 spiro atoms. The van der Waals surface area contributed by atoms with Gasteiger partial charge in [-0.1, -0.05) is 16.9 Å². The van der Waals surface area contributed by atoms with Crippen LogP contribution in [0.1, 0.15) is 12.1 Å². The van der Waals surface area contributed by atoms with E-state index in [1.54, 1.807) is 5.38 Å². The highest BCUT2D eigenvalue weighted by Gasteiger charge is 2.52. The highest BCUT2D eigenvalue weighted by molar-refractivity contribution is 8.01. The number of nitrogens with two attached hydrogens (primary N) is 1. The topological polar surface area (TPSA) is 147 Å². The monoisotopic (exact) mass is 383 g/mol. The van der Waals surface area contributed by atoms with Crippen LogP contribution in [0.5, 0.6) is 0 Å². The number of thioether (sulfide) groups is 1. The first-order chi connectivity index (χ1) is 11.9. The molecule has 0 aliphatic carbocycles. The second-order valence-electron chi connectivity index (χ2n) is 5.09. The van der Waals surface area contributed by atoms with E-state index in [0.717, 1.165) is 17.6 Å². The second-order valence-corrected chi connectivity index (χ2v) is 7.40. The number of nitrogens with one attached hydrogen (secondary N) is 1. The lowest BCUT2D eigenvalue weighted by atomic mass is 10.1. The van der Waals surface area contributed by atoms with Gasteiger partial charge in [0.05, 0.1) is 17.5 Å². The molecule has 3 heterocycles. The number of fused-ring (bicyclic) bond motifs is 1. The summed E-state index contributed by atoms with van der Waals surface area (Å²) in [6.45, 7) is 0. The molecule has 0 bridgehead atoms. The van der Waals surface area contributed by atoms with Crippen molar-refractivity contribution in [2.24, 2.45) is 5.16 Å². The molecule has 0 saturated carbocycles. The van der Waals surface area contributed by atoms with Crippen LogP contribution < -0.4 is 11.1 Å². The normalized spacial score (nSPS) is 25.2. The number of anilines is 1. The Kier molecular flexibility index (Phi) is 4.39. The molecule has 4 N–H and O–H groups in total. The van der Waals surface area contributed by atoms with Gasteiger partial charge in [-0.05, 0) is 6.08 Å². The molecule has 2 aliphatic heterocycles. The standard InChI is InChI=1S/C13H13N5O5S2/c1-23-15-4-8(19)17-13(7-5-24-12(14)16-7)3-6(11(21)22)18-9(20)2-10(18)25-13/h3-5,10H,2H2,1H3,(H2,14,16)(H,17,19)(H,21,22)/t10-,13?/m1/s1. The van der Waals surface area contributed by atoms with Crippen molar-refractivity contribution in [2.45, 2.75) is 16.7 Å². The number of nitrogens with zero attached hydrogens (tertiary/aromatic N) is 3. The van der Waals surface area contributed by atoms with Crippen LogP contribution in [0, 0.1) is 0 Å². The minimum absolute atomic E-state index is 0.165. The van der Waals surface area contributed by atoms with Crippen molar-refractivity contribution in [1.82, 2.24) is 15.2 Å². The summed E-state index contributed by atoms with van der Waals surface area (Å²) < 4.78 is 0. The predicted molar refractivity (Wildman–Crippen MR) is 90.4 cm³/mol. The van der Waals surface area contributed by atoms with Crippen molar-refractivity contribution < 1.29 is 24.3 Å². The number of carboxylic acids is 1. The maximum Gasteiger partial charge on any atom is 0.352 e. The number of aliphatic carboxylic acids is 1. The fraction of sp³-hybridized carbons (Fsp3) is 0.308. The number of hydrogen-bond acceptors (Lipinski definition) is 9. The first kappa shape index (κ1) is 17.2. The number of aromatic nitrogens is 1. The number of amides is 2. The zero-order valence-electron chi connectivity index (χ0n) is 12.8. The van der Waals surface area contributed by atoms with Gasteiger partial charge in [-0.15, -0.1) is 11.3 Å². The summed E-state index contributed by atoms with van der Waals surface area (Å²) in [5, 5.41) is 17.0. The Bertz CT molecular complexity index is 806. The summed E-state index contributed by atoms with van der Waals surface area (Å²) in [5.41, 5.74) is 5.84. The molecule has 1 aromatic heterocycles. The van der Waals surface area contributed by atoms with E-state index < -0.39 is 22.1 Å². The Morgan fingerprint density at radius 3 is 2.96 bits per heavy atom. The van der Waals surface area contributed by atoms with Crippen molar-refractivity contribution in [3.05, 3.63) is 22.8 Å². The molecule has 0 radical (unpaired) electrons. The SMILES string of the molecule is CON=CC(=O)NC1(c2csc(N)n2)C=C(C(=O)O)N2C(=O)C[C@H]2S1. The van der Waals surface area contributed by atoms with E-state index in [1.165, 1.54) is 29.8 Å². The molecule has 1 fully saturated rings. The van der Waals surface area contributed by atoms with Gasteiger partial charge < -0.3 is 21.0 Å². The van der Waals surface area contributed by atoms with Gasteiger partial charge in [-0.3, -0.25) is 14.5 Å². The number of thiazole rings is 1. The third-order valence-electron chi connectivity index (χ3n) is 3.53. The van der Waals surface area contributed by atoms with E-state index >= 15 is 0 Å². The summed E-state index contributed by atoms with van der Waals surface area (Å²) in [5.74, 6) is -2.17. The van der Waals surface area contributed by atoms with Crippen LogP contribution in [-0.2, 0) is 24.1 Å². The lowest BCUT2D eigenvalue weighted by Gasteiger charge is -2.48. The van der Waals surface area contributed by atoms with E-state index in [-0.39, 0.29) is 23.2 Å². The van der Waals surface area contributed by atoms with Crippen molar-refractivity contribution in [3.63, 3.8) is 0 Å². The molecule has 12 heteroatoms. The minimum atomic E-state index is -1.29. The third-order valence-corrected chi connectivity index (χ3v) is 5.66. The van der Waals surface area contributed by atoms with E-state index in [2.05, 4.69) is 20.3 Å². The Morgan fingerprint density at radius 1 is 1.64 bits per heavy atom. The number of β-lactam (4-membered cyclic amide) rings is 1. The quantitative estimate of drug-likeness (QED) is 0.363. The van der Waals surface area contributed by atoms with E-state index in [0.29, 0.717) is 5.69 Å². The minimum Gasteiger partial charge on any atom is -0.477 e. The second kappa shape index (κ2) is 6.37. The predicted octanol–water partition coefficient (Wildman–Crippen LogP) is -0.0998. The Balaban J connectivity index is 2.06. The van der Waals surface area contributed by atoms with E-state index in [4.69, 9.17) is 5.73 Å². The number of carboxylic acid groups (broad SMARTS) is 1. The molecule has 132 valence electrons. The smallest absolute Gasteiger partial charge is 0.352 e. The molecular weight excluding hydrogens is 370 g/mol. The largest absolute Gasteiger partial charge is 0.477 e. The first-order valence-corrected chi connectivity index (χ1v) is 8.68. The fourth-order valence-electron chi connectivity index (χ4n) is 2.48. The number of nitrogen functional groups attached to an aromatic ring is 1. The number of carbonyl (C=O) groups is 3. The molecule has 0 aromatic carbocycles. The molecule has 1 unspecified atom stereocenters. The molecule has 1 aromatic rings. The summed E-state index contributed by atoms with van der Waals surface area (Å²) >= 11 is 2.36. The van der Waals surface area contributed by atoms with Gasteiger partial charge in [-0.25, -0.2) is 9.78 Å². The van der Waals surface area contributed by atoms with Gasteiger partial charge in [0.2, 0.25) is 5.91 Å². The number of oxime groups is 1. The van der Waals surface area contributed by atoms with Crippen LogP contribution in [0.25, 0.3) is 0 Å². The first-order valence-electron chi connectivity index (χ1n) is 6.92. The van der Waals surface area contributed by atoms with Crippen molar-refractivity contribution in [3.8, 4) is 0 Å². The number of carbonyl (C=O) groups excluding carboxylic acids is 2. The fourth-order valence-corrected chi connectivity index (χ4v) is 4.74. The third kappa shape index (κ3) is 3.05. The van der Waals surface area contributed by atoms with Crippen LogP contribution in [-0.4, -0.2) is 51.5 Å². The van der Waals surface area contributed by atoms with Gasteiger partial charge >= 0.3 is 5.97 Å². The average Bonchev–Trinajstić information content (AvgIpc) is 2.98. The molecular formula is C13H13N5O5S2. The van der Waals surface area contributed by atoms with E-state index in [9.17, 15) is 19.5 Å². The summed E-state index contributed by atoms with van der Waals surface area (Å²) in [7, 11) is 1.29. The van der Waals surface area contributed by atoms with Crippen LogP contribution in [0.3, 0.4) is 0 Å². The maximum atomic E-state index is 12.1. The molecule has 3 rings (SSSR count). The zero-order valence-corrected chi connectivity index (χ0v) is 14.5. The lowest BCUT2D eigenvalue weighted by Crippen LogP contribution is -2.59. The highest BCUT2D eigenvalue weighted by atomic mass is 32.2. The Morgan fingerprint density at radius 2 is 2.40 bits per heavy atom. The van der Waals surface area contributed by atoms with Gasteiger partial charge in [0.1, 0.15) is 19.0 Å². The van der Waals surface area contributed by atoms with Crippen molar-refractivity contribution in [1.29, 1.82) is 0 Å². The van der Waals surface area contributed by atoms with Crippen molar-refractivity contribution >= 4 is 52.2 Å². The van der Waals surface area contributed by atoms with Crippen molar-refractivity contribution in [2.75, 3.05) is 12.8 Å². The van der Waals surface area contributed by atoms with Crippen LogP contribution in [0.2, 0.25) is 0 Å². The average molecular weight is 383 g/mol.